The summed E-state index contributed by atoms with van der Waals surface area (Å²) in [5, 5.41) is 12.8. The maximum atomic E-state index is 11.5. The van der Waals surface area contributed by atoms with Gasteiger partial charge in [-0.3, -0.25) is 4.68 Å². The molecule has 5 nitrogen and oxygen atoms in total. The van der Waals surface area contributed by atoms with Crippen LogP contribution in [0.15, 0.2) is 4.90 Å². The van der Waals surface area contributed by atoms with Gasteiger partial charge in [-0.05, 0) is 12.8 Å². The Labute approximate surface area is 105 Å². The molecule has 17 heavy (non-hydrogen) atoms. The van der Waals surface area contributed by atoms with Gasteiger partial charge in [0, 0.05) is 10.7 Å². The van der Waals surface area contributed by atoms with E-state index in [1.807, 2.05) is 19.9 Å². The Balaban J connectivity index is 3.37. The number of aromatic nitrogens is 2. The summed E-state index contributed by atoms with van der Waals surface area (Å²) < 4.78 is 24.6. The first-order valence-electron chi connectivity index (χ1n) is 5.35. The molecule has 7 heteroatoms. The Morgan fingerprint density at radius 3 is 2.47 bits per heavy atom. The van der Waals surface area contributed by atoms with Gasteiger partial charge < -0.3 is 0 Å². The molecule has 0 amide bonds. The van der Waals surface area contributed by atoms with E-state index < -0.39 is 9.05 Å². The number of rotatable bonds is 5. The lowest BCUT2D eigenvalue weighted by atomic mass is 10.2. The fourth-order valence-corrected chi connectivity index (χ4v) is 3.26. The third kappa shape index (κ3) is 2.99. The van der Waals surface area contributed by atoms with Gasteiger partial charge in [-0.15, -0.1) is 0 Å². The molecule has 0 spiro atoms. The van der Waals surface area contributed by atoms with E-state index in [-0.39, 0.29) is 4.90 Å². The highest BCUT2D eigenvalue weighted by Crippen LogP contribution is 2.25. The molecule has 1 aromatic rings. The number of hydrogen-bond acceptors (Lipinski definition) is 4. The van der Waals surface area contributed by atoms with Crippen molar-refractivity contribution >= 4 is 19.7 Å². The van der Waals surface area contributed by atoms with E-state index in [2.05, 4.69) is 5.10 Å². The number of halogens is 1. The van der Waals surface area contributed by atoms with Gasteiger partial charge in [-0.1, -0.05) is 13.8 Å². The minimum absolute atomic E-state index is 0.113. The number of nitrogens with zero attached hydrogens (tertiary/aromatic N) is 3. The Morgan fingerprint density at radius 2 is 2.06 bits per heavy atom. The molecule has 0 aliphatic heterocycles. The third-order valence-corrected chi connectivity index (χ3v) is 3.85. The van der Waals surface area contributed by atoms with Crippen molar-refractivity contribution in [2.24, 2.45) is 0 Å². The standard InChI is InChI=1S/C10H14ClN3O2S/c1-3-8-10(17(11,15)16)9(4-2)14(13-8)7-5-6-12/h3-5,7H2,1-2H3. The summed E-state index contributed by atoms with van der Waals surface area (Å²) in [4.78, 5) is 0.113. The fraction of sp³-hybridized carbons (Fsp3) is 0.600. The largest absolute Gasteiger partial charge is 0.267 e. The number of hydrogen-bond donors (Lipinski definition) is 0. The van der Waals surface area contributed by atoms with E-state index in [1.54, 1.807) is 4.68 Å². The highest BCUT2D eigenvalue weighted by atomic mass is 35.7. The molecular weight excluding hydrogens is 262 g/mol. The van der Waals surface area contributed by atoms with Crippen LogP contribution in [0, 0.1) is 11.3 Å². The minimum atomic E-state index is -3.79. The highest BCUT2D eigenvalue weighted by molar-refractivity contribution is 8.13. The van der Waals surface area contributed by atoms with Gasteiger partial charge in [0.1, 0.15) is 4.90 Å². The van der Waals surface area contributed by atoms with Crippen LogP contribution >= 0.6 is 10.7 Å². The van der Waals surface area contributed by atoms with Gasteiger partial charge in [-0.2, -0.15) is 10.4 Å². The molecule has 0 bridgehead atoms. The summed E-state index contributed by atoms with van der Waals surface area (Å²) in [5.74, 6) is 0. The lowest BCUT2D eigenvalue weighted by Gasteiger charge is -2.03. The minimum Gasteiger partial charge on any atom is -0.267 e. The van der Waals surface area contributed by atoms with Crippen molar-refractivity contribution in [3.05, 3.63) is 11.4 Å². The van der Waals surface area contributed by atoms with Gasteiger partial charge >= 0.3 is 0 Å². The number of aryl methyl sites for hydroxylation is 2. The zero-order valence-corrected chi connectivity index (χ0v) is 11.3. The molecule has 1 heterocycles. The van der Waals surface area contributed by atoms with E-state index >= 15 is 0 Å². The molecule has 1 aromatic heterocycles. The van der Waals surface area contributed by atoms with Gasteiger partial charge in [0.15, 0.2) is 0 Å². The van der Waals surface area contributed by atoms with Crippen LogP contribution in [0.25, 0.3) is 0 Å². The van der Waals surface area contributed by atoms with Gasteiger partial charge in [-0.25, -0.2) is 8.42 Å². The molecule has 0 N–H and O–H groups in total. The predicted molar refractivity (Wildman–Crippen MR) is 64.3 cm³/mol. The van der Waals surface area contributed by atoms with E-state index in [9.17, 15) is 8.42 Å². The van der Waals surface area contributed by atoms with Crippen LogP contribution in [-0.4, -0.2) is 18.2 Å². The molecule has 0 atom stereocenters. The third-order valence-electron chi connectivity index (χ3n) is 2.43. The van der Waals surface area contributed by atoms with E-state index in [1.165, 1.54) is 0 Å². The summed E-state index contributed by atoms with van der Waals surface area (Å²) in [5.41, 5.74) is 1.04. The average Bonchev–Trinajstić information content (AvgIpc) is 2.63. The zero-order chi connectivity index (χ0) is 13.1. The van der Waals surface area contributed by atoms with Crippen molar-refractivity contribution in [3.63, 3.8) is 0 Å². The van der Waals surface area contributed by atoms with Crippen LogP contribution in [0.1, 0.15) is 31.7 Å². The maximum absolute atomic E-state index is 11.5. The highest BCUT2D eigenvalue weighted by Gasteiger charge is 2.25. The molecule has 0 radical (unpaired) electrons. The van der Waals surface area contributed by atoms with Crippen LogP contribution in [0.2, 0.25) is 0 Å². The summed E-state index contributed by atoms with van der Waals surface area (Å²) in [6.45, 7) is 4.05. The first-order valence-corrected chi connectivity index (χ1v) is 7.66. The summed E-state index contributed by atoms with van der Waals surface area (Å²) in [7, 11) is 1.64. The molecule has 0 aromatic carbocycles. The maximum Gasteiger partial charge on any atom is 0.264 e. The van der Waals surface area contributed by atoms with E-state index in [0.717, 1.165) is 0 Å². The summed E-state index contributed by atoms with van der Waals surface area (Å²) in [6, 6.07) is 2.01. The summed E-state index contributed by atoms with van der Waals surface area (Å²) in [6.07, 6.45) is 1.30. The Bertz CT molecular complexity index is 543. The topological polar surface area (TPSA) is 75.8 Å². The zero-order valence-electron chi connectivity index (χ0n) is 9.77. The van der Waals surface area contributed by atoms with E-state index in [0.29, 0.717) is 37.2 Å². The lowest BCUT2D eigenvalue weighted by molar-refractivity contribution is 0.587. The average molecular weight is 276 g/mol. The van der Waals surface area contributed by atoms with Gasteiger partial charge in [0.25, 0.3) is 9.05 Å². The molecule has 0 saturated heterocycles. The second-order valence-corrected chi connectivity index (χ2v) is 6.00. The molecule has 0 saturated carbocycles. The van der Waals surface area contributed by atoms with Crippen LogP contribution in [0.5, 0.6) is 0 Å². The molecular formula is C10H14ClN3O2S. The fourth-order valence-electron chi connectivity index (χ4n) is 1.73. The quantitative estimate of drug-likeness (QED) is 0.769. The molecule has 0 fully saturated rings. The predicted octanol–water partition coefficient (Wildman–Crippen LogP) is 1.85. The Kier molecular flexibility index (Phi) is 4.54. The van der Waals surface area contributed by atoms with Crippen molar-refractivity contribution in [2.45, 2.75) is 44.6 Å². The van der Waals surface area contributed by atoms with Crippen LogP contribution < -0.4 is 0 Å². The monoisotopic (exact) mass is 275 g/mol. The van der Waals surface area contributed by atoms with Gasteiger partial charge in [0.05, 0.1) is 30.4 Å². The van der Waals surface area contributed by atoms with Crippen LogP contribution in [-0.2, 0) is 28.4 Å². The van der Waals surface area contributed by atoms with Gasteiger partial charge in [0.2, 0.25) is 0 Å². The lowest BCUT2D eigenvalue weighted by Crippen LogP contribution is -2.05. The van der Waals surface area contributed by atoms with E-state index in [4.69, 9.17) is 15.9 Å². The van der Waals surface area contributed by atoms with Crippen molar-refractivity contribution in [1.29, 1.82) is 5.26 Å². The first-order chi connectivity index (χ1) is 7.95. The number of nitriles is 1. The second-order valence-electron chi connectivity index (χ2n) is 3.50. The molecule has 1 rings (SSSR count). The second kappa shape index (κ2) is 5.52. The SMILES string of the molecule is CCc1nn(CCC#N)c(CC)c1S(=O)(=O)Cl. The molecule has 94 valence electrons. The van der Waals surface area contributed by atoms with Crippen molar-refractivity contribution in [2.75, 3.05) is 0 Å². The Morgan fingerprint density at radius 1 is 1.41 bits per heavy atom. The van der Waals surface area contributed by atoms with Crippen molar-refractivity contribution < 1.29 is 8.42 Å². The van der Waals surface area contributed by atoms with Crippen LogP contribution in [0.3, 0.4) is 0 Å². The first kappa shape index (κ1) is 14.0. The Hall–Kier alpha value is -1.06. The molecule has 0 unspecified atom stereocenters. The molecule has 0 aliphatic rings. The normalized spacial score (nSPS) is 11.4. The van der Waals surface area contributed by atoms with Crippen molar-refractivity contribution in [3.8, 4) is 6.07 Å². The smallest absolute Gasteiger partial charge is 0.264 e. The van der Waals surface area contributed by atoms with Crippen molar-refractivity contribution in [1.82, 2.24) is 9.78 Å². The summed E-state index contributed by atoms with van der Waals surface area (Å²) >= 11 is 0. The van der Waals surface area contributed by atoms with Crippen LogP contribution in [0.4, 0.5) is 0 Å². The molecule has 0 aliphatic carbocycles.